The molecule has 0 radical (unpaired) electrons. The summed E-state index contributed by atoms with van der Waals surface area (Å²) in [5.74, 6) is 0. The van der Waals surface area contributed by atoms with Crippen molar-refractivity contribution in [3.8, 4) is 0 Å². The van der Waals surface area contributed by atoms with Crippen LogP contribution in [0.25, 0.3) is 0 Å². The number of hydrogen-bond donors (Lipinski definition) is 1. The van der Waals surface area contributed by atoms with Crippen molar-refractivity contribution in [2.45, 2.75) is 52.0 Å². The molecule has 16 heavy (non-hydrogen) atoms. The van der Waals surface area contributed by atoms with Crippen LogP contribution in [0.2, 0.25) is 0 Å². The lowest BCUT2D eigenvalue weighted by atomic mass is 10.1. The maximum Gasteiger partial charge on any atom is 0.0521 e. The molecule has 0 saturated carbocycles. The Labute approximate surface area is 99.2 Å². The predicted octanol–water partition coefficient (Wildman–Crippen LogP) is 2.52. The van der Waals surface area contributed by atoms with Crippen LogP contribution >= 0.6 is 0 Å². The molecule has 0 aliphatic heterocycles. The van der Waals surface area contributed by atoms with Crippen LogP contribution in [0.1, 0.15) is 45.1 Å². The van der Waals surface area contributed by atoms with Gasteiger partial charge in [0.15, 0.2) is 0 Å². The molecule has 0 fully saturated rings. The number of nitrogens with one attached hydrogen (secondary N) is 1. The Morgan fingerprint density at radius 1 is 1.31 bits per heavy atom. The summed E-state index contributed by atoms with van der Waals surface area (Å²) in [5.41, 5.74) is 1.35. The number of rotatable bonds is 8. The zero-order valence-electron chi connectivity index (χ0n) is 10.9. The fourth-order valence-electron chi connectivity index (χ4n) is 1.94. The highest BCUT2D eigenvalue weighted by Gasteiger charge is 2.01. The second kappa shape index (κ2) is 7.44. The standard InChI is InChI=1S/C13H25N3/c1-4-13(5-2)14-9-7-6-8-12-10-15-16(3)11-12/h10-11,13-14H,4-9H2,1-3H3. The molecule has 0 saturated heterocycles. The lowest BCUT2D eigenvalue weighted by Crippen LogP contribution is -2.28. The number of hydrogen-bond acceptors (Lipinski definition) is 2. The quantitative estimate of drug-likeness (QED) is 0.686. The van der Waals surface area contributed by atoms with Crippen molar-refractivity contribution >= 4 is 0 Å². The van der Waals surface area contributed by atoms with Gasteiger partial charge in [0, 0.05) is 19.3 Å². The van der Waals surface area contributed by atoms with Crippen LogP contribution in [-0.2, 0) is 13.5 Å². The molecule has 0 aliphatic carbocycles. The Morgan fingerprint density at radius 3 is 2.62 bits per heavy atom. The van der Waals surface area contributed by atoms with Gasteiger partial charge in [0.2, 0.25) is 0 Å². The van der Waals surface area contributed by atoms with Crippen molar-refractivity contribution in [2.75, 3.05) is 6.54 Å². The van der Waals surface area contributed by atoms with Crippen molar-refractivity contribution in [1.82, 2.24) is 15.1 Å². The molecule has 3 nitrogen and oxygen atoms in total. The van der Waals surface area contributed by atoms with Crippen LogP contribution in [0.3, 0.4) is 0 Å². The number of aryl methyl sites for hydroxylation is 2. The van der Waals surface area contributed by atoms with Crippen molar-refractivity contribution in [1.29, 1.82) is 0 Å². The molecule has 1 aromatic rings. The highest BCUT2D eigenvalue weighted by Crippen LogP contribution is 2.03. The van der Waals surface area contributed by atoms with E-state index in [0.29, 0.717) is 6.04 Å². The zero-order chi connectivity index (χ0) is 11.8. The minimum absolute atomic E-state index is 0.707. The highest BCUT2D eigenvalue weighted by molar-refractivity contribution is 5.03. The van der Waals surface area contributed by atoms with Gasteiger partial charge in [-0.2, -0.15) is 5.10 Å². The molecule has 1 N–H and O–H groups in total. The maximum atomic E-state index is 4.17. The molecule has 0 amide bonds. The minimum atomic E-state index is 0.707. The summed E-state index contributed by atoms with van der Waals surface area (Å²) in [6.07, 6.45) is 10.2. The molecule has 3 heteroatoms. The number of aromatic nitrogens is 2. The van der Waals surface area contributed by atoms with Crippen molar-refractivity contribution in [3.05, 3.63) is 18.0 Å². The second-order valence-corrected chi connectivity index (χ2v) is 4.45. The molecule has 0 spiro atoms. The molecule has 1 aromatic heterocycles. The maximum absolute atomic E-state index is 4.17. The third-order valence-corrected chi connectivity index (χ3v) is 3.07. The Balaban J connectivity index is 2.04. The van der Waals surface area contributed by atoms with Gasteiger partial charge in [0.1, 0.15) is 0 Å². The average molecular weight is 223 g/mol. The Bertz CT molecular complexity index is 276. The SMILES string of the molecule is CCC(CC)NCCCCc1cnn(C)c1. The largest absolute Gasteiger partial charge is 0.314 e. The first-order valence-corrected chi connectivity index (χ1v) is 6.47. The van der Waals surface area contributed by atoms with Crippen LogP contribution in [0.5, 0.6) is 0 Å². The molecule has 0 unspecified atom stereocenters. The molecule has 0 aromatic carbocycles. The van der Waals surface area contributed by atoms with E-state index in [4.69, 9.17) is 0 Å². The lowest BCUT2D eigenvalue weighted by Gasteiger charge is -2.13. The van der Waals surface area contributed by atoms with Crippen LogP contribution in [0, 0.1) is 0 Å². The van der Waals surface area contributed by atoms with Crippen LogP contribution in [0.15, 0.2) is 12.4 Å². The highest BCUT2D eigenvalue weighted by atomic mass is 15.2. The Kier molecular flexibility index (Phi) is 6.16. The molecule has 0 aliphatic rings. The van der Waals surface area contributed by atoms with Gasteiger partial charge in [0.05, 0.1) is 6.20 Å². The van der Waals surface area contributed by atoms with Gasteiger partial charge in [-0.15, -0.1) is 0 Å². The van der Waals surface area contributed by atoms with E-state index in [2.05, 4.69) is 30.5 Å². The van der Waals surface area contributed by atoms with Crippen molar-refractivity contribution < 1.29 is 0 Å². The van der Waals surface area contributed by atoms with Gasteiger partial charge in [-0.1, -0.05) is 13.8 Å². The fourth-order valence-corrected chi connectivity index (χ4v) is 1.94. The third-order valence-electron chi connectivity index (χ3n) is 3.07. The molecule has 1 heterocycles. The minimum Gasteiger partial charge on any atom is -0.314 e. The van der Waals surface area contributed by atoms with Crippen molar-refractivity contribution in [2.24, 2.45) is 7.05 Å². The van der Waals surface area contributed by atoms with E-state index in [1.807, 2.05) is 17.9 Å². The van der Waals surface area contributed by atoms with Gasteiger partial charge in [-0.05, 0) is 44.2 Å². The van der Waals surface area contributed by atoms with Crippen LogP contribution in [-0.4, -0.2) is 22.4 Å². The van der Waals surface area contributed by atoms with E-state index in [-0.39, 0.29) is 0 Å². The van der Waals surface area contributed by atoms with Crippen LogP contribution in [0.4, 0.5) is 0 Å². The topological polar surface area (TPSA) is 29.9 Å². The summed E-state index contributed by atoms with van der Waals surface area (Å²) in [6.45, 7) is 5.64. The third kappa shape index (κ3) is 4.79. The van der Waals surface area contributed by atoms with Crippen LogP contribution < -0.4 is 5.32 Å². The van der Waals surface area contributed by atoms with Gasteiger partial charge in [-0.25, -0.2) is 0 Å². The monoisotopic (exact) mass is 223 g/mol. The molecule has 0 bridgehead atoms. The Hall–Kier alpha value is -0.830. The normalized spacial score (nSPS) is 11.2. The van der Waals surface area contributed by atoms with E-state index >= 15 is 0 Å². The van der Waals surface area contributed by atoms with Gasteiger partial charge in [-0.3, -0.25) is 4.68 Å². The van der Waals surface area contributed by atoms with E-state index in [0.717, 1.165) is 13.0 Å². The summed E-state index contributed by atoms with van der Waals surface area (Å²) >= 11 is 0. The summed E-state index contributed by atoms with van der Waals surface area (Å²) < 4.78 is 1.87. The first-order chi connectivity index (χ1) is 7.76. The van der Waals surface area contributed by atoms with Crippen molar-refractivity contribution in [3.63, 3.8) is 0 Å². The summed E-state index contributed by atoms with van der Waals surface area (Å²) in [6, 6.07) is 0.707. The van der Waals surface area contributed by atoms with Gasteiger partial charge >= 0.3 is 0 Å². The first kappa shape index (κ1) is 13.2. The van der Waals surface area contributed by atoms with E-state index < -0.39 is 0 Å². The van der Waals surface area contributed by atoms with E-state index in [1.165, 1.54) is 31.2 Å². The molecular formula is C13H25N3. The molecular weight excluding hydrogens is 198 g/mol. The summed E-state index contributed by atoms with van der Waals surface area (Å²) in [5, 5.41) is 7.76. The zero-order valence-corrected chi connectivity index (χ0v) is 10.9. The molecule has 92 valence electrons. The van der Waals surface area contributed by atoms with Gasteiger partial charge < -0.3 is 5.32 Å². The summed E-state index contributed by atoms with van der Waals surface area (Å²) in [4.78, 5) is 0. The average Bonchev–Trinajstić information content (AvgIpc) is 2.70. The predicted molar refractivity (Wildman–Crippen MR) is 68.5 cm³/mol. The summed E-state index contributed by atoms with van der Waals surface area (Å²) in [7, 11) is 1.97. The molecule has 0 atom stereocenters. The van der Waals surface area contributed by atoms with Gasteiger partial charge in [0.25, 0.3) is 0 Å². The fraction of sp³-hybridized carbons (Fsp3) is 0.769. The number of unbranched alkanes of at least 4 members (excludes halogenated alkanes) is 1. The Morgan fingerprint density at radius 2 is 2.06 bits per heavy atom. The lowest BCUT2D eigenvalue weighted by molar-refractivity contribution is 0.474. The smallest absolute Gasteiger partial charge is 0.0521 e. The number of nitrogens with zero attached hydrogens (tertiary/aromatic N) is 2. The first-order valence-electron chi connectivity index (χ1n) is 6.47. The molecule has 1 rings (SSSR count). The second-order valence-electron chi connectivity index (χ2n) is 4.45. The van der Waals surface area contributed by atoms with E-state index in [1.54, 1.807) is 0 Å². The van der Waals surface area contributed by atoms with E-state index in [9.17, 15) is 0 Å².